The van der Waals surface area contributed by atoms with Gasteiger partial charge in [0.2, 0.25) is 5.91 Å². The summed E-state index contributed by atoms with van der Waals surface area (Å²) < 4.78 is 4.75. The van der Waals surface area contributed by atoms with Gasteiger partial charge in [0.15, 0.2) is 0 Å². The Morgan fingerprint density at radius 1 is 1.33 bits per heavy atom. The molecule has 0 unspecified atom stereocenters. The minimum absolute atomic E-state index is 0.113. The second kappa shape index (κ2) is 4.25. The Bertz CT molecular complexity index is 356. The number of nitrogens with zero attached hydrogens (tertiary/aromatic N) is 1. The number of carbonyl (C=O) groups is 3. The molecule has 0 aliphatic carbocycles. The summed E-state index contributed by atoms with van der Waals surface area (Å²) in [4.78, 5) is 33.9. The summed E-state index contributed by atoms with van der Waals surface area (Å²) in [6, 6.07) is 0. The van der Waals surface area contributed by atoms with Crippen molar-refractivity contribution in [2.75, 3.05) is 13.2 Å². The van der Waals surface area contributed by atoms with E-state index in [1.54, 1.807) is 6.92 Å². The van der Waals surface area contributed by atoms with E-state index >= 15 is 0 Å². The van der Waals surface area contributed by atoms with Gasteiger partial charge in [-0.1, -0.05) is 0 Å². The summed E-state index contributed by atoms with van der Waals surface area (Å²) in [5.41, 5.74) is 1.26. The molecule has 1 saturated heterocycles. The minimum Gasteiger partial charge on any atom is -0.461 e. The third kappa shape index (κ3) is 2.43. The summed E-state index contributed by atoms with van der Waals surface area (Å²) in [6.07, 6.45) is 0. The summed E-state index contributed by atoms with van der Waals surface area (Å²) in [5.74, 6) is -0.929. The number of imide groups is 1. The Kier molecular flexibility index (Phi) is 3.24. The van der Waals surface area contributed by atoms with E-state index in [-0.39, 0.29) is 24.4 Å². The number of hydrogen-bond acceptors (Lipinski definition) is 4. The molecule has 1 heterocycles. The molecule has 0 aromatic rings. The van der Waals surface area contributed by atoms with Crippen LogP contribution < -0.4 is 0 Å². The quantitative estimate of drug-likeness (QED) is 0.373. The largest absolute Gasteiger partial charge is 0.461 e. The first-order valence-electron chi connectivity index (χ1n) is 4.58. The van der Waals surface area contributed by atoms with Gasteiger partial charge in [0.25, 0.3) is 5.91 Å². The van der Waals surface area contributed by atoms with Crippen molar-refractivity contribution in [3.63, 3.8) is 0 Å². The molecule has 15 heavy (non-hydrogen) atoms. The van der Waals surface area contributed by atoms with Crippen LogP contribution in [0, 0.1) is 0 Å². The summed E-state index contributed by atoms with van der Waals surface area (Å²) >= 11 is 0. The Morgan fingerprint density at radius 3 is 2.33 bits per heavy atom. The number of hydrogen-bond donors (Lipinski definition) is 0. The number of rotatable bonds is 2. The topological polar surface area (TPSA) is 63.7 Å². The van der Waals surface area contributed by atoms with Crippen LogP contribution in [0.4, 0.5) is 0 Å². The summed E-state index contributed by atoms with van der Waals surface area (Å²) in [5, 5.41) is 0. The predicted octanol–water partition coefficient (Wildman–Crippen LogP) is 0.255. The van der Waals surface area contributed by atoms with Crippen LogP contribution in [-0.4, -0.2) is 35.8 Å². The molecule has 1 fully saturated rings. The molecule has 0 saturated carbocycles. The van der Waals surface area contributed by atoms with E-state index in [9.17, 15) is 14.4 Å². The molecule has 2 amide bonds. The number of likely N-dealkylation sites (tertiary alicyclic amines) is 1. The fourth-order valence-electron chi connectivity index (χ4n) is 1.24. The van der Waals surface area contributed by atoms with Gasteiger partial charge >= 0.3 is 5.97 Å². The lowest BCUT2D eigenvalue weighted by molar-refractivity contribution is -0.146. The zero-order valence-electron chi connectivity index (χ0n) is 8.99. The van der Waals surface area contributed by atoms with Crippen LogP contribution in [0.25, 0.3) is 0 Å². The van der Waals surface area contributed by atoms with Crippen LogP contribution in [0.5, 0.6) is 0 Å². The third-order valence-electron chi connectivity index (χ3n) is 2.21. The lowest BCUT2D eigenvalue weighted by Gasteiger charge is -2.31. The molecular weight excluding hydrogens is 198 g/mol. The van der Waals surface area contributed by atoms with Crippen LogP contribution >= 0.6 is 0 Å². The van der Waals surface area contributed by atoms with Gasteiger partial charge in [-0.2, -0.15) is 0 Å². The first-order chi connectivity index (χ1) is 6.93. The van der Waals surface area contributed by atoms with E-state index in [2.05, 4.69) is 0 Å². The van der Waals surface area contributed by atoms with E-state index in [1.807, 2.05) is 0 Å². The van der Waals surface area contributed by atoms with Crippen molar-refractivity contribution >= 4 is 17.8 Å². The minimum atomic E-state index is -0.384. The smallest absolute Gasteiger partial charge is 0.302 e. The Morgan fingerprint density at radius 2 is 1.93 bits per heavy atom. The Labute approximate surface area is 87.7 Å². The standard InChI is InChI=1S/C10H13NO4/c1-6(5-15-8(3)13)9-4-11(7(2)12)10(9)14/h4-5H2,1-3H3/b9-6+. The maximum Gasteiger partial charge on any atom is 0.302 e. The summed E-state index contributed by atoms with van der Waals surface area (Å²) in [7, 11) is 0. The van der Waals surface area contributed by atoms with Crippen LogP contribution in [0.2, 0.25) is 0 Å². The fraction of sp³-hybridized carbons (Fsp3) is 0.500. The van der Waals surface area contributed by atoms with Crippen molar-refractivity contribution in [3.05, 3.63) is 11.1 Å². The highest BCUT2D eigenvalue weighted by Gasteiger charge is 2.34. The highest BCUT2D eigenvalue weighted by Crippen LogP contribution is 2.20. The van der Waals surface area contributed by atoms with E-state index < -0.39 is 0 Å². The monoisotopic (exact) mass is 211 g/mol. The lowest BCUT2D eigenvalue weighted by Crippen LogP contribution is -2.49. The van der Waals surface area contributed by atoms with Crippen molar-refractivity contribution in [1.82, 2.24) is 4.90 Å². The number of amides is 2. The maximum absolute atomic E-state index is 11.4. The molecule has 1 rings (SSSR count). The zero-order chi connectivity index (χ0) is 11.6. The van der Waals surface area contributed by atoms with E-state index in [0.717, 1.165) is 4.90 Å². The average Bonchev–Trinajstić information content (AvgIpc) is 2.11. The van der Waals surface area contributed by atoms with Gasteiger partial charge in [0.05, 0.1) is 6.54 Å². The molecule has 0 atom stereocenters. The molecule has 0 N–H and O–H groups in total. The molecule has 0 bridgehead atoms. The highest BCUT2D eigenvalue weighted by molar-refractivity contribution is 6.10. The van der Waals surface area contributed by atoms with Crippen molar-refractivity contribution < 1.29 is 19.1 Å². The highest BCUT2D eigenvalue weighted by atomic mass is 16.5. The number of esters is 1. The van der Waals surface area contributed by atoms with Gasteiger partial charge in [0.1, 0.15) is 6.61 Å². The van der Waals surface area contributed by atoms with Gasteiger partial charge in [-0.3, -0.25) is 19.3 Å². The second-order valence-electron chi connectivity index (χ2n) is 3.45. The molecule has 0 aromatic carbocycles. The van der Waals surface area contributed by atoms with Gasteiger partial charge in [-0.05, 0) is 12.5 Å². The first-order valence-corrected chi connectivity index (χ1v) is 4.58. The Balaban J connectivity index is 2.59. The van der Waals surface area contributed by atoms with Crippen LogP contribution in [0.15, 0.2) is 11.1 Å². The molecule has 0 spiro atoms. The molecular formula is C10H13NO4. The number of ether oxygens (including phenoxy) is 1. The van der Waals surface area contributed by atoms with Gasteiger partial charge in [-0.15, -0.1) is 0 Å². The SMILES string of the molecule is CC(=O)OC/C(C)=C1\CN(C(C)=O)C1=O. The van der Waals surface area contributed by atoms with E-state index in [0.29, 0.717) is 17.7 Å². The lowest BCUT2D eigenvalue weighted by atomic mass is 10.0. The van der Waals surface area contributed by atoms with Crippen LogP contribution in [0.1, 0.15) is 20.8 Å². The average molecular weight is 211 g/mol. The van der Waals surface area contributed by atoms with Crippen molar-refractivity contribution in [2.45, 2.75) is 20.8 Å². The van der Waals surface area contributed by atoms with Gasteiger partial charge in [-0.25, -0.2) is 0 Å². The number of carbonyl (C=O) groups excluding carboxylic acids is 3. The molecule has 82 valence electrons. The van der Waals surface area contributed by atoms with Gasteiger partial charge < -0.3 is 4.74 Å². The zero-order valence-corrected chi connectivity index (χ0v) is 8.99. The molecule has 5 nitrogen and oxygen atoms in total. The first kappa shape index (κ1) is 11.4. The maximum atomic E-state index is 11.4. The molecule has 0 radical (unpaired) electrons. The van der Waals surface area contributed by atoms with Crippen LogP contribution in [-0.2, 0) is 19.1 Å². The normalized spacial score (nSPS) is 18.3. The van der Waals surface area contributed by atoms with Crippen molar-refractivity contribution in [2.24, 2.45) is 0 Å². The van der Waals surface area contributed by atoms with E-state index in [4.69, 9.17) is 4.74 Å². The molecule has 5 heteroatoms. The fourth-order valence-corrected chi connectivity index (χ4v) is 1.24. The van der Waals surface area contributed by atoms with E-state index in [1.165, 1.54) is 13.8 Å². The number of β-lactam (4-membered cyclic amide) rings is 1. The van der Waals surface area contributed by atoms with Gasteiger partial charge in [0, 0.05) is 19.4 Å². The third-order valence-corrected chi connectivity index (χ3v) is 2.21. The van der Waals surface area contributed by atoms with Crippen molar-refractivity contribution in [3.8, 4) is 0 Å². The second-order valence-corrected chi connectivity index (χ2v) is 3.45. The van der Waals surface area contributed by atoms with Crippen LogP contribution in [0.3, 0.4) is 0 Å². The predicted molar refractivity (Wildman–Crippen MR) is 51.7 cm³/mol. The Hall–Kier alpha value is -1.65. The molecule has 1 aliphatic heterocycles. The summed E-state index contributed by atoms with van der Waals surface area (Å²) in [6.45, 7) is 4.80. The van der Waals surface area contributed by atoms with Crippen molar-refractivity contribution in [1.29, 1.82) is 0 Å². The molecule has 1 aliphatic rings. The molecule has 0 aromatic heterocycles.